The number of halogens is 2. The topological polar surface area (TPSA) is 74.7 Å². The largest absolute Gasteiger partial charge is 0.480 e. The second-order valence-electron chi connectivity index (χ2n) is 4.19. The number of hydrogen-bond acceptors (Lipinski definition) is 3. The van der Waals surface area contributed by atoms with Crippen LogP contribution in [-0.2, 0) is 14.8 Å². The summed E-state index contributed by atoms with van der Waals surface area (Å²) in [5.41, 5.74) is 0. The molecule has 0 bridgehead atoms. The molecule has 1 atom stereocenters. The fourth-order valence-corrected chi connectivity index (χ4v) is 5.44. The Morgan fingerprint density at radius 2 is 2.05 bits per heavy atom. The minimum atomic E-state index is -3.80. The third-order valence-corrected chi connectivity index (χ3v) is 6.35. The summed E-state index contributed by atoms with van der Waals surface area (Å²) in [4.78, 5) is 11.2. The molecule has 1 aliphatic rings. The quantitative estimate of drug-likeness (QED) is 0.827. The molecule has 0 spiro atoms. The number of rotatable bonds is 3. The summed E-state index contributed by atoms with van der Waals surface area (Å²) in [6.45, 7) is 0.238. The fraction of sp³-hybridized carbons (Fsp3) is 0.364. The van der Waals surface area contributed by atoms with Crippen LogP contribution < -0.4 is 0 Å². The van der Waals surface area contributed by atoms with E-state index in [2.05, 4.69) is 31.9 Å². The van der Waals surface area contributed by atoms with Gasteiger partial charge in [0.1, 0.15) is 6.04 Å². The number of hydrogen-bond donors (Lipinski definition) is 1. The maximum Gasteiger partial charge on any atom is 0.322 e. The number of aliphatic carboxylic acids is 1. The molecule has 0 saturated carbocycles. The van der Waals surface area contributed by atoms with Gasteiger partial charge >= 0.3 is 5.97 Å². The van der Waals surface area contributed by atoms with Crippen LogP contribution >= 0.6 is 31.9 Å². The van der Waals surface area contributed by atoms with Gasteiger partial charge in [0.15, 0.2) is 0 Å². The molecule has 1 heterocycles. The van der Waals surface area contributed by atoms with Crippen LogP contribution in [0.2, 0.25) is 0 Å². The lowest BCUT2D eigenvalue weighted by molar-refractivity contribution is -0.140. The lowest BCUT2D eigenvalue weighted by atomic mass is 10.2. The third-order valence-electron chi connectivity index (χ3n) is 2.97. The molecule has 1 aromatic carbocycles. The Morgan fingerprint density at radius 3 is 2.63 bits per heavy atom. The molecule has 104 valence electrons. The second-order valence-corrected chi connectivity index (χ2v) is 7.82. The Bertz CT molecular complexity index is 617. The lowest BCUT2D eigenvalue weighted by Gasteiger charge is -2.21. The monoisotopic (exact) mass is 411 g/mol. The summed E-state index contributed by atoms with van der Waals surface area (Å²) in [5, 5.41) is 9.08. The van der Waals surface area contributed by atoms with Crippen molar-refractivity contribution in [1.29, 1.82) is 0 Å². The van der Waals surface area contributed by atoms with Crippen molar-refractivity contribution in [3.63, 3.8) is 0 Å². The highest BCUT2D eigenvalue weighted by atomic mass is 79.9. The van der Waals surface area contributed by atoms with Gasteiger partial charge in [0, 0.05) is 15.5 Å². The molecule has 0 radical (unpaired) electrons. The normalized spacial score (nSPS) is 20.6. The molecule has 19 heavy (non-hydrogen) atoms. The molecule has 1 fully saturated rings. The van der Waals surface area contributed by atoms with Crippen LogP contribution in [0.1, 0.15) is 12.8 Å². The Kier molecular flexibility index (Phi) is 4.34. The van der Waals surface area contributed by atoms with E-state index in [1.807, 2.05) is 0 Å². The second kappa shape index (κ2) is 5.51. The lowest BCUT2D eigenvalue weighted by Crippen LogP contribution is -2.40. The van der Waals surface area contributed by atoms with Crippen LogP contribution in [0, 0.1) is 0 Å². The Hall–Kier alpha value is -0.440. The molecule has 1 N–H and O–H groups in total. The first kappa shape index (κ1) is 15.0. The van der Waals surface area contributed by atoms with E-state index >= 15 is 0 Å². The van der Waals surface area contributed by atoms with E-state index in [1.54, 1.807) is 12.1 Å². The summed E-state index contributed by atoms with van der Waals surface area (Å²) >= 11 is 6.45. The summed E-state index contributed by atoms with van der Waals surface area (Å²) in [7, 11) is -3.80. The number of carboxylic acids is 1. The van der Waals surface area contributed by atoms with Gasteiger partial charge in [-0.25, -0.2) is 8.42 Å². The van der Waals surface area contributed by atoms with Gasteiger partial charge in [-0.05, 0) is 47.0 Å². The maximum absolute atomic E-state index is 12.5. The minimum Gasteiger partial charge on any atom is -0.480 e. The molecule has 1 saturated heterocycles. The van der Waals surface area contributed by atoms with Crippen LogP contribution in [0.4, 0.5) is 0 Å². The van der Waals surface area contributed by atoms with Crippen molar-refractivity contribution in [2.75, 3.05) is 6.54 Å². The Morgan fingerprint density at radius 1 is 1.37 bits per heavy atom. The Balaban J connectivity index is 2.45. The molecule has 0 aromatic heterocycles. The summed E-state index contributed by atoms with van der Waals surface area (Å²) in [6.07, 6.45) is 0.910. The highest BCUT2D eigenvalue weighted by molar-refractivity contribution is 9.11. The van der Waals surface area contributed by atoms with Crippen molar-refractivity contribution in [3.05, 3.63) is 27.1 Å². The van der Waals surface area contributed by atoms with Crippen LogP contribution in [0.5, 0.6) is 0 Å². The van der Waals surface area contributed by atoms with E-state index in [9.17, 15) is 13.2 Å². The van der Waals surface area contributed by atoms with Crippen molar-refractivity contribution in [2.24, 2.45) is 0 Å². The first-order chi connectivity index (χ1) is 8.84. The van der Waals surface area contributed by atoms with Gasteiger partial charge in [0.25, 0.3) is 0 Å². The predicted octanol–water partition coefficient (Wildman–Crippen LogP) is 2.45. The smallest absolute Gasteiger partial charge is 0.322 e. The fourth-order valence-electron chi connectivity index (χ4n) is 2.09. The molecule has 2 rings (SSSR count). The zero-order valence-corrected chi connectivity index (χ0v) is 13.7. The zero-order chi connectivity index (χ0) is 14.2. The minimum absolute atomic E-state index is 0.0869. The van der Waals surface area contributed by atoms with Gasteiger partial charge in [-0.3, -0.25) is 4.79 Å². The average Bonchev–Trinajstić information content (AvgIpc) is 2.77. The number of carbonyl (C=O) groups is 1. The highest BCUT2D eigenvalue weighted by Crippen LogP contribution is 2.32. The summed E-state index contributed by atoms with van der Waals surface area (Å²) in [5.74, 6) is -1.10. The summed E-state index contributed by atoms with van der Waals surface area (Å²) in [6, 6.07) is 3.73. The summed E-state index contributed by atoms with van der Waals surface area (Å²) < 4.78 is 27.2. The molecular formula is C11H11Br2NO4S. The average molecular weight is 413 g/mol. The molecule has 1 aliphatic heterocycles. The van der Waals surface area contributed by atoms with E-state index in [0.717, 1.165) is 8.78 Å². The van der Waals surface area contributed by atoms with Crippen LogP contribution in [0.25, 0.3) is 0 Å². The highest BCUT2D eigenvalue weighted by Gasteiger charge is 2.40. The molecule has 0 aliphatic carbocycles. The van der Waals surface area contributed by atoms with E-state index in [4.69, 9.17) is 5.11 Å². The predicted molar refractivity (Wildman–Crippen MR) is 76.4 cm³/mol. The molecule has 0 unspecified atom stereocenters. The van der Waals surface area contributed by atoms with E-state index < -0.39 is 22.0 Å². The first-order valence-corrected chi connectivity index (χ1v) is 8.56. The standard InChI is InChI=1S/C11H11Br2NO4S/c12-7-3-4-10(8(13)6-7)19(17,18)14-5-1-2-9(14)11(15)16/h3-4,6,9H,1-2,5H2,(H,15,16)/t9-/m1/s1. The van der Waals surface area contributed by atoms with Crippen molar-refractivity contribution < 1.29 is 18.3 Å². The van der Waals surface area contributed by atoms with E-state index in [0.29, 0.717) is 17.3 Å². The molecule has 0 amide bonds. The van der Waals surface area contributed by atoms with Crippen LogP contribution in [0.15, 0.2) is 32.0 Å². The van der Waals surface area contributed by atoms with Crippen molar-refractivity contribution in [1.82, 2.24) is 4.31 Å². The molecular weight excluding hydrogens is 402 g/mol. The molecule has 1 aromatic rings. The van der Waals surface area contributed by atoms with Gasteiger partial charge in [-0.1, -0.05) is 15.9 Å². The van der Waals surface area contributed by atoms with Crippen molar-refractivity contribution >= 4 is 47.9 Å². The molecule has 5 nitrogen and oxygen atoms in total. The van der Waals surface area contributed by atoms with E-state index in [1.165, 1.54) is 6.07 Å². The SMILES string of the molecule is O=C(O)[C@H]1CCCN1S(=O)(=O)c1ccc(Br)cc1Br. The number of carboxylic acid groups (broad SMARTS) is 1. The van der Waals surface area contributed by atoms with Gasteiger partial charge in [-0.15, -0.1) is 0 Å². The van der Waals surface area contributed by atoms with Gasteiger partial charge in [0.05, 0.1) is 4.90 Å². The van der Waals surface area contributed by atoms with Crippen LogP contribution in [0.3, 0.4) is 0 Å². The van der Waals surface area contributed by atoms with Crippen molar-refractivity contribution in [2.45, 2.75) is 23.8 Å². The molecule has 8 heteroatoms. The van der Waals surface area contributed by atoms with Crippen molar-refractivity contribution in [3.8, 4) is 0 Å². The van der Waals surface area contributed by atoms with Gasteiger partial charge < -0.3 is 5.11 Å². The third kappa shape index (κ3) is 2.86. The van der Waals surface area contributed by atoms with Gasteiger partial charge in [-0.2, -0.15) is 4.31 Å². The number of benzene rings is 1. The number of sulfonamides is 1. The van der Waals surface area contributed by atoms with Crippen LogP contribution in [-0.4, -0.2) is 36.4 Å². The van der Waals surface area contributed by atoms with E-state index in [-0.39, 0.29) is 11.4 Å². The first-order valence-electron chi connectivity index (χ1n) is 5.54. The zero-order valence-electron chi connectivity index (χ0n) is 9.71. The number of nitrogens with zero attached hydrogens (tertiary/aromatic N) is 1. The maximum atomic E-state index is 12.5. The van der Waals surface area contributed by atoms with Gasteiger partial charge in [0.2, 0.25) is 10.0 Å². The Labute approximate surface area is 127 Å².